The van der Waals surface area contributed by atoms with Crippen LogP contribution in [0, 0.1) is 128 Å². The first-order valence-corrected chi connectivity index (χ1v) is 38.9. The Morgan fingerprint density at radius 1 is 0.699 bits per heavy atom. The first-order valence-electron chi connectivity index (χ1n) is 31.3. The first-order chi connectivity index (χ1) is 34.6. The van der Waals surface area contributed by atoms with E-state index in [4.69, 9.17) is 15.0 Å². The summed E-state index contributed by atoms with van der Waals surface area (Å²) in [5.74, 6) is 12.6. The molecule has 0 aliphatic heterocycles. The minimum Gasteiger partial charge on any atom is -0.449 e. The zero-order valence-corrected chi connectivity index (χ0v) is 54.3. The van der Waals surface area contributed by atoms with Crippen molar-refractivity contribution in [1.82, 2.24) is 9.55 Å². The van der Waals surface area contributed by atoms with Crippen LogP contribution in [0.3, 0.4) is 0 Å². The first kappa shape index (κ1) is 58.9. The van der Waals surface area contributed by atoms with Gasteiger partial charge in [0, 0.05) is 20.4 Å². The minimum absolute atomic E-state index is 0.256. The fraction of sp³-hybridized carbons (Fsp3) is 0.937. The number of carbonyl (C=O) groups is 1. The molecule has 1 aromatic rings. The summed E-state index contributed by atoms with van der Waals surface area (Å²) >= 11 is 1.96. The van der Waals surface area contributed by atoms with Crippen molar-refractivity contribution < 1.29 is 24.9 Å². The summed E-state index contributed by atoms with van der Waals surface area (Å²) in [5.41, 5.74) is 1.55. The molecule has 0 spiro atoms. The van der Waals surface area contributed by atoms with E-state index in [0.717, 1.165) is 59.2 Å². The molecule has 0 amide bonds. The van der Waals surface area contributed by atoms with Crippen LogP contribution in [-0.4, -0.2) is 67.7 Å². The molecular formula is C63H113IN2O5Si2. The molecule has 0 bridgehead atoms. The Bertz CT molecular complexity index is 1980. The Kier molecular flexibility index (Phi) is 18.6. The van der Waals surface area contributed by atoms with Crippen LogP contribution in [0.1, 0.15) is 174 Å². The number of fused-ring (bicyclic) bond motifs is 10. The molecule has 10 heteroatoms. The molecule has 24 atom stereocenters. The standard InChI is InChI=1S/C33H56N2O3Si.C29H54O2Si.CH3I/c1-10-24-27-17-21(2)13-14-32(27,5)28-18-23(4)33(6)25(22(3)19-37-31(36)35-16-15-34-20-35)11-12-26(33)29(28)30(24)38-39(7,8)9;1-10-21-24-15-18(2)13-14-28(24,5)25-16-20(4)29(6)22(19(3)17-30)11-12-23(29)26(25)27(21)31-32(7,8)9;1-2/h15-16,20-30H,10-14,17-19H2,1-9H3;18-27,30H,10-17H2,1-9H3;1H3/t21-,22-,23+,24-,25-,26+,27+,28+,29+,30-,32+,33-;18-,19-,20+,21-,22-,23+,24+,25+,26+,27-,28+,29-;/m11./s1/i;;1D. The summed E-state index contributed by atoms with van der Waals surface area (Å²) < 4.78 is 28.1. The predicted octanol–water partition coefficient (Wildman–Crippen LogP) is 17.2. The van der Waals surface area contributed by atoms with Gasteiger partial charge < -0.3 is 18.7 Å². The fourth-order valence-electron chi connectivity index (χ4n) is 20.9. The van der Waals surface area contributed by atoms with E-state index in [0.29, 0.717) is 93.9 Å². The zero-order chi connectivity index (χ0) is 54.7. The van der Waals surface area contributed by atoms with Crippen LogP contribution in [0.5, 0.6) is 0 Å². The van der Waals surface area contributed by atoms with Crippen molar-refractivity contribution in [2.75, 3.05) is 18.1 Å². The van der Waals surface area contributed by atoms with Gasteiger partial charge in [-0.1, -0.05) is 131 Å². The van der Waals surface area contributed by atoms with Crippen molar-refractivity contribution in [3.8, 4) is 0 Å². The number of ether oxygens (including phenoxy) is 1. The lowest BCUT2D eigenvalue weighted by Crippen LogP contribution is -2.64. The molecule has 73 heavy (non-hydrogen) atoms. The average molecular weight is 1160 g/mol. The molecule has 0 aromatic carbocycles. The summed E-state index contributed by atoms with van der Waals surface area (Å²) in [6.45, 7) is 45.7. The van der Waals surface area contributed by atoms with Gasteiger partial charge in [0.05, 0.1) is 18.8 Å². The second kappa shape index (κ2) is 23.1. The highest BCUT2D eigenvalue weighted by atomic mass is 127. The minimum atomic E-state index is -1.72. The van der Waals surface area contributed by atoms with Gasteiger partial charge in [0.2, 0.25) is 0 Å². The summed E-state index contributed by atoms with van der Waals surface area (Å²) in [5, 5.41) is 10.1. The Morgan fingerprint density at radius 2 is 1.12 bits per heavy atom. The molecule has 420 valence electrons. The van der Waals surface area contributed by atoms with Crippen LogP contribution < -0.4 is 0 Å². The van der Waals surface area contributed by atoms with Gasteiger partial charge in [-0.3, -0.25) is 0 Å². The van der Waals surface area contributed by atoms with Crippen molar-refractivity contribution in [2.45, 2.75) is 224 Å². The molecule has 0 unspecified atom stereocenters. The Morgan fingerprint density at radius 3 is 1.49 bits per heavy atom. The van der Waals surface area contributed by atoms with Crippen LogP contribution in [0.25, 0.3) is 0 Å². The lowest BCUT2D eigenvalue weighted by Gasteiger charge is -2.67. The third-order valence-corrected chi connectivity index (χ3v) is 26.4. The highest BCUT2D eigenvalue weighted by Gasteiger charge is 2.69. The van der Waals surface area contributed by atoms with Crippen molar-refractivity contribution in [3.05, 3.63) is 18.7 Å². The van der Waals surface area contributed by atoms with Crippen LogP contribution in [0.2, 0.25) is 39.3 Å². The summed E-state index contributed by atoms with van der Waals surface area (Å²) in [4.78, 5) is 17.0. The van der Waals surface area contributed by atoms with Crippen LogP contribution in [0.15, 0.2) is 18.7 Å². The highest BCUT2D eigenvalue weighted by molar-refractivity contribution is 14.1. The van der Waals surface area contributed by atoms with Gasteiger partial charge in [0.1, 0.15) is 6.33 Å². The van der Waals surface area contributed by atoms with Gasteiger partial charge in [-0.2, -0.15) is 0 Å². The molecule has 8 aliphatic rings. The topological polar surface area (TPSA) is 82.8 Å². The monoisotopic (exact) mass is 1160 g/mol. The van der Waals surface area contributed by atoms with Crippen LogP contribution >= 0.6 is 22.6 Å². The number of alkyl halides is 1. The molecule has 8 fully saturated rings. The maximum atomic E-state index is 12.6. The molecular weight excluding hydrogens is 1050 g/mol. The SMILES string of the molecule is CC[C@H]1[C@@H](O[Si](C)(C)C)[C@@H]2[C@H](C[C@H](C)[C@]3(C)[C@@H]([C@H](C)CO)CC[C@@H]23)[C@@]2(C)CC[C@@H](C)C[C@@H]12.CC[C@H]1[C@@H](O[Si](C)(C)C)[C@@H]2[C@H](C[C@H](C)[C@]3(C)[C@@H]([C@H](C)COC(=O)n4ccnc4)CC[C@@H]23)[C@@]2(C)CC[C@@H](C)C[C@@H]12.[2H]CI. The lowest BCUT2D eigenvalue weighted by molar-refractivity contribution is -0.207. The number of nitrogens with zero attached hydrogens (tertiary/aromatic N) is 2. The van der Waals surface area contributed by atoms with Crippen LogP contribution in [-0.2, 0) is 13.6 Å². The molecule has 1 heterocycles. The third-order valence-electron chi connectivity index (χ3n) is 24.4. The van der Waals surface area contributed by atoms with E-state index in [1.54, 1.807) is 12.4 Å². The maximum Gasteiger partial charge on any atom is 0.419 e. The van der Waals surface area contributed by atoms with Gasteiger partial charge in [0.15, 0.2) is 16.6 Å². The lowest BCUT2D eigenvalue weighted by atomic mass is 9.39. The number of rotatable bonds is 11. The van der Waals surface area contributed by atoms with Crippen molar-refractivity contribution >= 4 is 45.3 Å². The number of aliphatic hydroxyl groups excluding tert-OH is 1. The van der Waals surface area contributed by atoms with E-state index in [1.807, 2.05) is 22.6 Å². The number of aliphatic hydroxyl groups is 1. The van der Waals surface area contributed by atoms with E-state index in [2.05, 4.69) is 127 Å². The predicted molar refractivity (Wildman–Crippen MR) is 318 cm³/mol. The van der Waals surface area contributed by atoms with Gasteiger partial charge in [-0.05, 0) is 237 Å². The number of aromatic nitrogens is 2. The molecule has 8 saturated carbocycles. The van der Waals surface area contributed by atoms with E-state index < -0.39 is 16.6 Å². The number of hydrogen-bond donors (Lipinski definition) is 1. The van der Waals surface area contributed by atoms with E-state index >= 15 is 0 Å². The van der Waals surface area contributed by atoms with E-state index in [9.17, 15) is 9.90 Å². The van der Waals surface area contributed by atoms with Crippen molar-refractivity contribution in [1.29, 1.82) is 0 Å². The Labute approximate surface area is 466 Å². The number of imidazole rings is 1. The second-order valence-corrected chi connectivity index (χ2v) is 39.1. The van der Waals surface area contributed by atoms with Crippen molar-refractivity contribution in [3.63, 3.8) is 0 Å². The summed E-state index contributed by atoms with van der Waals surface area (Å²) in [6.07, 6.45) is 24.3. The van der Waals surface area contributed by atoms with Gasteiger partial charge >= 0.3 is 6.09 Å². The molecule has 8 aliphatic carbocycles. The third kappa shape index (κ3) is 11.0. The number of hydrogen-bond acceptors (Lipinski definition) is 6. The molecule has 9 rings (SSSR count). The van der Waals surface area contributed by atoms with Crippen LogP contribution in [0.4, 0.5) is 4.79 Å². The molecule has 1 aromatic heterocycles. The highest BCUT2D eigenvalue weighted by Crippen LogP contribution is 2.73. The number of halogens is 1. The quantitative estimate of drug-likeness (QED) is 0.135. The zero-order valence-electron chi connectivity index (χ0n) is 51.2. The van der Waals surface area contributed by atoms with E-state index in [-0.39, 0.29) is 11.5 Å². The second-order valence-electron chi connectivity index (χ2n) is 30.2. The van der Waals surface area contributed by atoms with Gasteiger partial charge in [-0.25, -0.2) is 14.3 Å². The smallest absolute Gasteiger partial charge is 0.419 e. The number of carbonyl (C=O) groups excluding carboxylic acids is 1. The maximum absolute atomic E-state index is 12.6. The molecule has 0 saturated heterocycles. The molecule has 1 N–H and O–H groups in total. The Balaban J connectivity index is 0.000000209. The summed E-state index contributed by atoms with van der Waals surface area (Å²) in [7, 11) is -3.37. The Hall–Kier alpha value is -0.276. The van der Waals surface area contributed by atoms with E-state index in [1.165, 1.54) is 101 Å². The molecule has 7 nitrogen and oxygen atoms in total. The van der Waals surface area contributed by atoms with Gasteiger partial charge in [0.25, 0.3) is 0 Å². The summed E-state index contributed by atoms with van der Waals surface area (Å²) in [6, 6.07) is 0. The van der Waals surface area contributed by atoms with Crippen molar-refractivity contribution in [2.24, 2.45) is 128 Å². The normalized spacial score (nSPS) is 47.0. The fourth-order valence-corrected chi connectivity index (χ4v) is 23.2. The largest absolute Gasteiger partial charge is 0.449 e. The van der Waals surface area contributed by atoms with Gasteiger partial charge in [-0.15, -0.1) is 0 Å². The molecule has 0 radical (unpaired) electrons. The average Bonchev–Trinajstić information content (AvgIpc) is 4.09.